The molecule has 0 saturated carbocycles. The van der Waals surface area contributed by atoms with Gasteiger partial charge in [-0.05, 0) is 61.7 Å². The predicted octanol–water partition coefficient (Wildman–Crippen LogP) is 4.97. The zero-order valence-corrected chi connectivity index (χ0v) is 20.4. The highest BCUT2D eigenvalue weighted by Gasteiger charge is 2.34. The van der Waals surface area contributed by atoms with E-state index in [9.17, 15) is 9.59 Å². The first-order valence-electron chi connectivity index (χ1n) is 10.6. The van der Waals surface area contributed by atoms with E-state index in [4.69, 9.17) is 20.8 Å². The Morgan fingerprint density at radius 2 is 1.91 bits per heavy atom. The van der Waals surface area contributed by atoms with Crippen LogP contribution in [0, 0.1) is 13.8 Å². The molecule has 4 rings (SSSR count). The SMILES string of the molecule is CCOC(=O)C1=C(CSc2nnc(-c3ccc(C)c(C)c3)o2)NC(=O)NC1c1ccc(Cl)cc1. The van der Waals surface area contributed by atoms with Crippen molar-refractivity contribution in [3.8, 4) is 11.5 Å². The van der Waals surface area contributed by atoms with Gasteiger partial charge in [0.15, 0.2) is 0 Å². The van der Waals surface area contributed by atoms with E-state index in [0.29, 0.717) is 33.0 Å². The fourth-order valence-electron chi connectivity index (χ4n) is 3.48. The molecular weight excluding hydrogens is 476 g/mol. The lowest BCUT2D eigenvalue weighted by atomic mass is 9.95. The molecule has 1 aliphatic rings. The van der Waals surface area contributed by atoms with E-state index in [2.05, 4.69) is 20.8 Å². The summed E-state index contributed by atoms with van der Waals surface area (Å²) in [5.74, 6) is 0.103. The van der Waals surface area contributed by atoms with Gasteiger partial charge in [0.05, 0.1) is 18.2 Å². The number of thioether (sulfide) groups is 1. The second-order valence-corrected chi connectivity index (χ2v) is 9.02. The molecule has 1 unspecified atom stereocenters. The van der Waals surface area contributed by atoms with E-state index in [0.717, 1.165) is 11.1 Å². The summed E-state index contributed by atoms with van der Waals surface area (Å²) in [5.41, 5.74) is 4.56. The van der Waals surface area contributed by atoms with Crippen molar-refractivity contribution < 1.29 is 18.7 Å². The molecule has 1 atom stereocenters. The van der Waals surface area contributed by atoms with Crippen molar-refractivity contribution >= 4 is 35.4 Å². The van der Waals surface area contributed by atoms with Crippen LogP contribution in [0.1, 0.15) is 29.7 Å². The monoisotopic (exact) mass is 498 g/mol. The minimum absolute atomic E-state index is 0.201. The summed E-state index contributed by atoms with van der Waals surface area (Å²) in [6, 6.07) is 11.7. The standard InChI is InChI=1S/C24H23ClN4O4S/c1-4-32-22(30)19-18(26-23(31)27-20(19)15-7-9-17(25)10-8-15)12-34-24-29-28-21(33-24)16-6-5-13(2)14(3)11-16/h5-11,20H,4,12H2,1-3H3,(H2,26,27,31). The summed E-state index contributed by atoms with van der Waals surface area (Å²) < 4.78 is 11.1. The number of rotatable bonds is 7. The minimum atomic E-state index is -0.686. The molecule has 1 aliphatic heterocycles. The van der Waals surface area contributed by atoms with Gasteiger partial charge in [-0.15, -0.1) is 10.2 Å². The summed E-state index contributed by atoms with van der Waals surface area (Å²) in [4.78, 5) is 25.3. The Kier molecular flexibility index (Phi) is 7.23. The molecule has 2 aromatic carbocycles. The number of hydrogen-bond donors (Lipinski definition) is 2. The summed E-state index contributed by atoms with van der Waals surface area (Å²) in [6.45, 7) is 5.98. The van der Waals surface area contributed by atoms with Crippen LogP contribution in [-0.4, -0.2) is 34.6 Å². The third-order valence-corrected chi connectivity index (χ3v) is 6.45. The number of benzene rings is 2. The summed E-state index contributed by atoms with van der Waals surface area (Å²) in [5, 5.41) is 14.6. The van der Waals surface area contributed by atoms with Crippen molar-refractivity contribution in [3.05, 3.63) is 75.4 Å². The molecule has 0 spiro atoms. The van der Waals surface area contributed by atoms with Crippen LogP contribution in [-0.2, 0) is 9.53 Å². The number of nitrogens with zero attached hydrogens (tertiary/aromatic N) is 2. The van der Waals surface area contributed by atoms with E-state index in [-0.39, 0.29) is 12.4 Å². The third-order valence-electron chi connectivity index (χ3n) is 5.35. The first-order chi connectivity index (χ1) is 16.4. The number of aryl methyl sites for hydroxylation is 2. The average Bonchev–Trinajstić information content (AvgIpc) is 3.29. The maximum atomic E-state index is 12.9. The minimum Gasteiger partial charge on any atom is -0.463 e. The van der Waals surface area contributed by atoms with Gasteiger partial charge in [0.2, 0.25) is 5.89 Å². The fraction of sp³-hybridized carbons (Fsp3) is 0.250. The highest BCUT2D eigenvalue weighted by Crippen LogP contribution is 2.32. The first-order valence-corrected chi connectivity index (χ1v) is 12.0. The molecule has 0 bridgehead atoms. The smallest absolute Gasteiger partial charge is 0.338 e. The van der Waals surface area contributed by atoms with Gasteiger partial charge in [0.1, 0.15) is 0 Å². The van der Waals surface area contributed by atoms with Gasteiger partial charge in [-0.3, -0.25) is 0 Å². The van der Waals surface area contributed by atoms with Crippen LogP contribution in [0.25, 0.3) is 11.5 Å². The number of amides is 2. The Balaban J connectivity index is 1.61. The summed E-state index contributed by atoms with van der Waals surface area (Å²) in [6.07, 6.45) is 0. The van der Waals surface area contributed by atoms with Crippen molar-refractivity contribution in [2.24, 2.45) is 0 Å². The number of halogens is 1. The molecular formula is C24H23ClN4O4S. The fourth-order valence-corrected chi connectivity index (χ4v) is 4.34. The Labute approximate surface area is 206 Å². The van der Waals surface area contributed by atoms with Crippen LogP contribution < -0.4 is 10.6 Å². The van der Waals surface area contributed by atoms with Crippen molar-refractivity contribution in [2.75, 3.05) is 12.4 Å². The van der Waals surface area contributed by atoms with Gasteiger partial charge in [0.25, 0.3) is 5.22 Å². The van der Waals surface area contributed by atoms with E-state index in [1.54, 1.807) is 31.2 Å². The molecule has 0 saturated heterocycles. The van der Waals surface area contributed by atoms with E-state index in [1.807, 2.05) is 32.0 Å². The molecule has 8 nitrogen and oxygen atoms in total. The number of carbonyl (C=O) groups is 2. The molecule has 2 heterocycles. The molecule has 2 N–H and O–H groups in total. The van der Waals surface area contributed by atoms with Crippen LogP contribution in [0.3, 0.4) is 0 Å². The topological polar surface area (TPSA) is 106 Å². The number of urea groups is 1. The maximum absolute atomic E-state index is 12.9. The number of ether oxygens (including phenoxy) is 1. The lowest BCUT2D eigenvalue weighted by molar-refractivity contribution is -0.139. The Hall–Kier alpha value is -3.30. The molecule has 10 heteroatoms. The number of carbonyl (C=O) groups excluding carboxylic acids is 2. The molecule has 34 heavy (non-hydrogen) atoms. The molecule has 1 aromatic heterocycles. The zero-order chi connectivity index (χ0) is 24.2. The predicted molar refractivity (Wildman–Crippen MR) is 129 cm³/mol. The number of esters is 1. The Bertz CT molecular complexity index is 1260. The third kappa shape index (κ3) is 5.26. The van der Waals surface area contributed by atoms with E-state index in [1.165, 1.54) is 17.3 Å². The number of aromatic nitrogens is 2. The van der Waals surface area contributed by atoms with Crippen LogP contribution in [0.4, 0.5) is 4.79 Å². The highest BCUT2D eigenvalue weighted by molar-refractivity contribution is 7.99. The van der Waals surface area contributed by atoms with Gasteiger partial charge in [-0.25, -0.2) is 9.59 Å². The summed E-state index contributed by atoms with van der Waals surface area (Å²) >= 11 is 7.23. The van der Waals surface area contributed by atoms with Gasteiger partial charge in [-0.2, -0.15) is 0 Å². The number of hydrogen-bond acceptors (Lipinski definition) is 7. The first kappa shape index (κ1) is 23.8. The van der Waals surface area contributed by atoms with E-state index >= 15 is 0 Å². The second-order valence-electron chi connectivity index (χ2n) is 7.66. The van der Waals surface area contributed by atoms with Crippen LogP contribution in [0.2, 0.25) is 5.02 Å². The zero-order valence-electron chi connectivity index (χ0n) is 18.8. The lowest BCUT2D eigenvalue weighted by Gasteiger charge is -2.29. The van der Waals surface area contributed by atoms with Crippen molar-refractivity contribution in [1.82, 2.24) is 20.8 Å². The van der Waals surface area contributed by atoms with E-state index < -0.39 is 18.0 Å². The molecule has 0 radical (unpaired) electrons. The van der Waals surface area contributed by atoms with Crippen molar-refractivity contribution in [2.45, 2.75) is 32.0 Å². The Morgan fingerprint density at radius 1 is 1.15 bits per heavy atom. The van der Waals surface area contributed by atoms with Gasteiger partial charge >= 0.3 is 12.0 Å². The van der Waals surface area contributed by atoms with Crippen LogP contribution in [0.15, 0.2) is 63.4 Å². The van der Waals surface area contributed by atoms with Gasteiger partial charge in [-0.1, -0.05) is 41.6 Å². The Morgan fingerprint density at radius 3 is 2.62 bits per heavy atom. The molecule has 176 valence electrons. The lowest BCUT2D eigenvalue weighted by Crippen LogP contribution is -2.46. The van der Waals surface area contributed by atoms with Gasteiger partial charge in [0, 0.05) is 22.0 Å². The quantitative estimate of drug-likeness (QED) is 0.350. The molecule has 0 aliphatic carbocycles. The molecule has 0 fully saturated rings. The molecule has 2 amide bonds. The van der Waals surface area contributed by atoms with Crippen LogP contribution in [0.5, 0.6) is 0 Å². The summed E-state index contributed by atoms with van der Waals surface area (Å²) in [7, 11) is 0. The second kappa shape index (κ2) is 10.3. The van der Waals surface area contributed by atoms with Crippen molar-refractivity contribution in [1.29, 1.82) is 0 Å². The largest absolute Gasteiger partial charge is 0.463 e. The van der Waals surface area contributed by atoms with Crippen LogP contribution >= 0.6 is 23.4 Å². The highest BCUT2D eigenvalue weighted by atomic mass is 35.5. The maximum Gasteiger partial charge on any atom is 0.338 e. The van der Waals surface area contributed by atoms with Gasteiger partial charge < -0.3 is 19.8 Å². The normalized spacial score (nSPS) is 15.6. The average molecular weight is 499 g/mol. The van der Waals surface area contributed by atoms with Crippen molar-refractivity contribution in [3.63, 3.8) is 0 Å². The number of nitrogens with one attached hydrogen (secondary N) is 2. The molecule has 3 aromatic rings.